The Morgan fingerprint density at radius 1 is 1.25 bits per heavy atom. The van der Waals surface area contributed by atoms with E-state index in [0.717, 1.165) is 6.42 Å². The second-order valence-corrected chi connectivity index (χ2v) is 6.56. The molecule has 1 fully saturated rings. The van der Waals surface area contributed by atoms with Gasteiger partial charge in [0, 0.05) is 17.2 Å². The van der Waals surface area contributed by atoms with Crippen LogP contribution in [-0.2, 0) is 9.59 Å². The number of carbonyl (C=O) groups is 3. The highest BCUT2D eigenvalue weighted by Gasteiger charge is 2.39. The second-order valence-electron chi connectivity index (χ2n) is 6.56. The third-order valence-electron chi connectivity index (χ3n) is 4.63. The summed E-state index contributed by atoms with van der Waals surface area (Å²) in [6, 6.07) is 5.55. The van der Waals surface area contributed by atoms with Gasteiger partial charge in [0.2, 0.25) is 5.91 Å². The Kier molecular flexibility index (Phi) is 5.59. The zero-order valence-electron chi connectivity index (χ0n) is 14.2. The summed E-state index contributed by atoms with van der Waals surface area (Å²) in [7, 11) is 0. The van der Waals surface area contributed by atoms with Crippen molar-refractivity contribution in [1.29, 1.82) is 0 Å². The molecule has 1 aromatic rings. The molecule has 6 nitrogen and oxygen atoms in total. The van der Waals surface area contributed by atoms with Crippen molar-refractivity contribution in [3.8, 4) is 0 Å². The van der Waals surface area contributed by atoms with Gasteiger partial charge in [0.15, 0.2) is 0 Å². The summed E-state index contributed by atoms with van der Waals surface area (Å²) in [6.45, 7) is 5.70. The highest BCUT2D eigenvalue weighted by Crippen LogP contribution is 2.38. The number of hydrogen-bond donors (Lipinski definition) is 3. The Bertz CT molecular complexity index is 626. The molecule has 6 heteroatoms. The van der Waals surface area contributed by atoms with Gasteiger partial charge in [-0.15, -0.1) is 0 Å². The number of carbonyl (C=O) groups excluding carboxylic acids is 2. The van der Waals surface area contributed by atoms with Gasteiger partial charge in [0.05, 0.1) is 0 Å². The zero-order valence-corrected chi connectivity index (χ0v) is 14.2. The van der Waals surface area contributed by atoms with Crippen LogP contribution in [0.4, 0.5) is 5.69 Å². The van der Waals surface area contributed by atoms with Crippen LogP contribution in [0, 0.1) is 17.8 Å². The first-order valence-electron chi connectivity index (χ1n) is 8.28. The van der Waals surface area contributed by atoms with E-state index in [2.05, 4.69) is 10.6 Å². The number of carboxylic acid groups (broad SMARTS) is 1. The van der Waals surface area contributed by atoms with Crippen LogP contribution in [0.1, 0.15) is 44.0 Å². The number of aliphatic carboxylic acids is 1. The molecular formula is C18H24N2O4. The molecule has 1 aliphatic rings. The third-order valence-corrected chi connectivity index (χ3v) is 4.63. The van der Waals surface area contributed by atoms with Crippen LogP contribution in [-0.4, -0.2) is 28.9 Å². The van der Waals surface area contributed by atoms with Gasteiger partial charge in [-0.1, -0.05) is 27.2 Å². The fraction of sp³-hybridized carbons (Fsp3) is 0.500. The molecule has 130 valence electrons. The summed E-state index contributed by atoms with van der Waals surface area (Å²) >= 11 is 0. The van der Waals surface area contributed by atoms with E-state index < -0.39 is 17.9 Å². The van der Waals surface area contributed by atoms with Gasteiger partial charge in [-0.05, 0) is 42.5 Å². The molecule has 0 spiro atoms. The van der Waals surface area contributed by atoms with Crippen molar-refractivity contribution in [2.75, 3.05) is 5.32 Å². The van der Waals surface area contributed by atoms with Crippen molar-refractivity contribution < 1.29 is 19.5 Å². The van der Waals surface area contributed by atoms with E-state index in [1.165, 1.54) is 0 Å². The molecule has 0 heterocycles. The third kappa shape index (κ3) is 4.34. The number of hydrogen-bond acceptors (Lipinski definition) is 3. The molecule has 0 radical (unpaired) electrons. The van der Waals surface area contributed by atoms with Crippen molar-refractivity contribution in [2.24, 2.45) is 17.8 Å². The molecule has 1 saturated carbocycles. The number of rotatable bonds is 7. The minimum atomic E-state index is -1.04. The minimum absolute atomic E-state index is 0.00223. The lowest BCUT2D eigenvalue weighted by atomic mass is 9.99. The van der Waals surface area contributed by atoms with Crippen molar-refractivity contribution in [1.82, 2.24) is 5.32 Å². The van der Waals surface area contributed by atoms with Crippen molar-refractivity contribution in [3.05, 3.63) is 29.8 Å². The molecule has 3 N–H and O–H groups in total. The predicted octanol–water partition coefficient (Wildman–Crippen LogP) is 2.51. The second kappa shape index (κ2) is 7.47. The van der Waals surface area contributed by atoms with Gasteiger partial charge in [-0.25, -0.2) is 4.79 Å². The maximum absolute atomic E-state index is 12.2. The first kappa shape index (κ1) is 18.0. The summed E-state index contributed by atoms with van der Waals surface area (Å²) in [5.74, 6) is -1.12. The van der Waals surface area contributed by atoms with E-state index >= 15 is 0 Å². The fourth-order valence-electron chi connectivity index (χ4n) is 2.53. The highest BCUT2D eigenvalue weighted by molar-refractivity contribution is 5.98. The van der Waals surface area contributed by atoms with Gasteiger partial charge in [-0.3, -0.25) is 9.59 Å². The normalized spacial score (nSPS) is 21.5. The number of anilines is 1. The number of nitrogens with one attached hydrogen (secondary N) is 2. The van der Waals surface area contributed by atoms with Crippen LogP contribution in [0.5, 0.6) is 0 Å². The molecule has 1 aromatic carbocycles. The van der Waals surface area contributed by atoms with E-state index in [-0.39, 0.29) is 17.7 Å². The van der Waals surface area contributed by atoms with Gasteiger partial charge in [-0.2, -0.15) is 0 Å². The van der Waals surface area contributed by atoms with Crippen LogP contribution in [0.25, 0.3) is 0 Å². The number of benzene rings is 1. The smallest absolute Gasteiger partial charge is 0.326 e. The molecule has 2 amide bonds. The van der Waals surface area contributed by atoms with Crippen molar-refractivity contribution in [2.45, 2.75) is 39.7 Å². The lowest BCUT2D eigenvalue weighted by Gasteiger charge is -2.20. The Balaban J connectivity index is 1.97. The quantitative estimate of drug-likeness (QED) is 0.715. The van der Waals surface area contributed by atoms with Gasteiger partial charge in [0.1, 0.15) is 6.04 Å². The van der Waals surface area contributed by atoms with Crippen LogP contribution in [0.15, 0.2) is 24.3 Å². The average molecular weight is 332 g/mol. The topological polar surface area (TPSA) is 95.5 Å². The molecule has 0 aliphatic heterocycles. The molecule has 0 bridgehead atoms. The molecule has 24 heavy (non-hydrogen) atoms. The largest absolute Gasteiger partial charge is 0.480 e. The summed E-state index contributed by atoms with van der Waals surface area (Å²) in [4.78, 5) is 35.4. The molecule has 1 aliphatic carbocycles. The predicted molar refractivity (Wildman–Crippen MR) is 90.7 cm³/mol. The molecule has 0 aromatic heterocycles. The van der Waals surface area contributed by atoms with E-state index in [1.807, 2.05) is 13.8 Å². The monoisotopic (exact) mass is 332 g/mol. The van der Waals surface area contributed by atoms with Crippen LogP contribution in [0.3, 0.4) is 0 Å². The van der Waals surface area contributed by atoms with Crippen LogP contribution < -0.4 is 10.6 Å². The Labute approximate surface area is 141 Å². The average Bonchev–Trinajstić information content (AvgIpc) is 3.29. The zero-order chi connectivity index (χ0) is 17.9. The minimum Gasteiger partial charge on any atom is -0.480 e. The van der Waals surface area contributed by atoms with E-state index in [0.29, 0.717) is 23.6 Å². The van der Waals surface area contributed by atoms with Gasteiger partial charge < -0.3 is 15.7 Å². The van der Waals surface area contributed by atoms with E-state index in [9.17, 15) is 19.5 Å². The number of amides is 2. The fourth-order valence-corrected chi connectivity index (χ4v) is 2.53. The van der Waals surface area contributed by atoms with Crippen molar-refractivity contribution >= 4 is 23.5 Å². The van der Waals surface area contributed by atoms with Gasteiger partial charge in [0.25, 0.3) is 5.91 Å². The molecule has 4 atom stereocenters. The lowest BCUT2D eigenvalue weighted by Crippen LogP contribution is -2.45. The van der Waals surface area contributed by atoms with Crippen molar-refractivity contribution in [3.63, 3.8) is 0 Å². The van der Waals surface area contributed by atoms with Gasteiger partial charge >= 0.3 is 5.97 Å². The molecule has 4 unspecified atom stereocenters. The SMILES string of the molecule is CCC(C)C(NC(=O)c1ccc(NC(=O)C2CC2C)cc1)C(=O)O. The molecular weight excluding hydrogens is 308 g/mol. The summed E-state index contributed by atoms with van der Waals surface area (Å²) < 4.78 is 0. The number of carboxylic acids is 1. The Hall–Kier alpha value is -2.37. The summed E-state index contributed by atoms with van der Waals surface area (Å²) in [5.41, 5.74) is 0.995. The summed E-state index contributed by atoms with van der Waals surface area (Å²) in [6.07, 6.45) is 1.57. The molecule has 0 saturated heterocycles. The summed E-state index contributed by atoms with van der Waals surface area (Å²) in [5, 5.41) is 14.6. The first-order valence-corrected chi connectivity index (χ1v) is 8.28. The maximum Gasteiger partial charge on any atom is 0.326 e. The van der Waals surface area contributed by atoms with E-state index in [4.69, 9.17) is 0 Å². The molecule has 2 rings (SSSR count). The first-order chi connectivity index (χ1) is 11.3. The Morgan fingerprint density at radius 3 is 2.29 bits per heavy atom. The highest BCUT2D eigenvalue weighted by atomic mass is 16.4. The Morgan fingerprint density at radius 2 is 1.83 bits per heavy atom. The maximum atomic E-state index is 12.2. The van der Waals surface area contributed by atoms with Crippen LogP contribution in [0.2, 0.25) is 0 Å². The lowest BCUT2D eigenvalue weighted by molar-refractivity contribution is -0.140. The standard InChI is InChI=1S/C18H24N2O4/c1-4-10(2)15(18(23)24)20-16(21)12-5-7-13(8-6-12)19-17(22)14-9-11(14)3/h5-8,10-11,14-15H,4,9H2,1-3H3,(H,19,22)(H,20,21)(H,23,24). The van der Waals surface area contributed by atoms with Crippen LogP contribution >= 0.6 is 0 Å². The van der Waals surface area contributed by atoms with E-state index in [1.54, 1.807) is 31.2 Å².